The van der Waals surface area contributed by atoms with Crippen molar-refractivity contribution in [3.8, 4) is 11.8 Å². The van der Waals surface area contributed by atoms with Gasteiger partial charge in [0.05, 0.1) is 24.3 Å². The smallest absolute Gasteiger partial charge is 0.209 e. The molecule has 1 fully saturated rings. The fourth-order valence-corrected chi connectivity index (χ4v) is 2.54. The van der Waals surface area contributed by atoms with Gasteiger partial charge < -0.3 is 4.74 Å². The summed E-state index contributed by atoms with van der Waals surface area (Å²) in [6.07, 6.45) is 2.33. The summed E-state index contributed by atoms with van der Waals surface area (Å²) in [5.41, 5.74) is 0.604. The fourth-order valence-electron chi connectivity index (χ4n) is 1.78. The maximum Gasteiger partial charge on any atom is 0.209 e. The highest BCUT2D eigenvalue weighted by atomic mass is 32.2. The number of rotatable bonds is 6. The highest BCUT2D eigenvalue weighted by Gasteiger charge is 2.27. The number of nitrogens with zero attached hydrogens (tertiary/aromatic N) is 5. The van der Waals surface area contributed by atoms with Gasteiger partial charge in [-0.3, -0.25) is 0 Å². The van der Waals surface area contributed by atoms with Gasteiger partial charge in [-0.15, -0.1) is 5.10 Å². The number of hydrogen-bond donors (Lipinski definition) is 0. The average molecular weight is 287 g/mol. The van der Waals surface area contributed by atoms with Gasteiger partial charge in [-0.25, -0.2) is 4.68 Å². The van der Waals surface area contributed by atoms with Crippen LogP contribution in [0, 0.1) is 11.3 Å². The number of ether oxygens (including phenoxy) is 1. The van der Waals surface area contributed by atoms with Gasteiger partial charge in [0.1, 0.15) is 5.75 Å². The minimum Gasteiger partial charge on any atom is -0.493 e. The van der Waals surface area contributed by atoms with Crippen molar-refractivity contribution in [2.75, 3.05) is 12.4 Å². The van der Waals surface area contributed by atoms with Crippen LogP contribution in [0.25, 0.3) is 0 Å². The molecule has 1 aromatic carbocycles. The average Bonchev–Trinajstić information content (AvgIpc) is 3.23. The van der Waals surface area contributed by atoms with E-state index in [1.165, 1.54) is 0 Å². The molecule has 0 amide bonds. The summed E-state index contributed by atoms with van der Waals surface area (Å²) in [4.78, 5) is 0. The van der Waals surface area contributed by atoms with Crippen LogP contribution in [0.5, 0.6) is 5.75 Å². The van der Waals surface area contributed by atoms with Crippen LogP contribution in [-0.2, 0) is 0 Å². The Balaban J connectivity index is 1.48. The van der Waals surface area contributed by atoms with Gasteiger partial charge in [0.25, 0.3) is 0 Å². The van der Waals surface area contributed by atoms with Crippen LogP contribution < -0.4 is 4.74 Å². The lowest BCUT2D eigenvalue weighted by Gasteiger charge is -2.06. The Morgan fingerprint density at radius 2 is 2.35 bits per heavy atom. The number of benzene rings is 1. The molecule has 0 spiro atoms. The van der Waals surface area contributed by atoms with Crippen LogP contribution >= 0.6 is 11.8 Å². The van der Waals surface area contributed by atoms with E-state index in [-0.39, 0.29) is 0 Å². The first kappa shape index (κ1) is 12.9. The Labute approximate surface area is 120 Å². The van der Waals surface area contributed by atoms with E-state index in [2.05, 4.69) is 21.6 Å². The third kappa shape index (κ3) is 3.08. The first-order valence-electron chi connectivity index (χ1n) is 6.40. The summed E-state index contributed by atoms with van der Waals surface area (Å²) in [6.45, 7) is 0.553. The predicted octanol–water partition coefficient (Wildman–Crippen LogP) is 2.05. The number of hydrogen-bond acceptors (Lipinski definition) is 6. The highest BCUT2D eigenvalue weighted by molar-refractivity contribution is 7.99. The van der Waals surface area contributed by atoms with Crippen LogP contribution in [0.3, 0.4) is 0 Å². The lowest BCUT2D eigenvalue weighted by atomic mass is 10.2. The van der Waals surface area contributed by atoms with Crippen molar-refractivity contribution >= 4 is 11.8 Å². The molecule has 0 atom stereocenters. The van der Waals surface area contributed by atoms with Gasteiger partial charge in [-0.2, -0.15) is 5.26 Å². The minimum absolute atomic E-state index is 0.487. The molecule has 1 saturated carbocycles. The molecular formula is C13H13N5OS. The Kier molecular flexibility index (Phi) is 3.83. The van der Waals surface area contributed by atoms with E-state index in [4.69, 9.17) is 10.00 Å². The first-order chi connectivity index (χ1) is 9.86. The van der Waals surface area contributed by atoms with Crippen LogP contribution in [0.4, 0.5) is 0 Å². The van der Waals surface area contributed by atoms with Gasteiger partial charge >= 0.3 is 0 Å². The molecule has 6 nitrogen and oxygen atoms in total. The zero-order chi connectivity index (χ0) is 13.8. The SMILES string of the molecule is N#Cc1cccc(OCCSc2nnnn2C2CC2)c1. The van der Waals surface area contributed by atoms with Crippen molar-refractivity contribution in [3.05, 3.63) is 29.8 Å². The largest absolute Gasteiger partial charge is 0.493 e. The zero-order valence-electron chi connectivity index (χ0n) is 10.8. The molecule has 20 heavy (non-hydrogen) atoms. The fraction of sp³-hybridized carbons (Fsp3) is 0.385. The second kappa shape index (κ2) is 5.92. The molecule has 1 heterocycles. The molecule has 2 aromatic rings. The number of aromatic nitrogens is 4. The predicted molar refractivity (Wildman–Crippen MR) is 73.5 cm³/mol. The number of thioether (sulfide) groups is 1. The van der Waals surface area contributed by atoms with Crippen molar-refractivity contribution in [1.82, 2.24) is 20.2 Å². The van der Waals surface area contributed by atoms with E-state index in [0.717, 1.165) is 23.8 Å². The van der Waals surface area contributed by atoms with Gasteiger partial charge in [-0.1, -0.05) is 17.8 Å². The molecule has 7 heteroatoms. The molecule has 102 valence electrons. The molecule has 1 aliphatic rings. The molecule has 0 saturated heterocycles. The second-order valence-corrected chi connectivity index (χ2v) is 5.54. The topological polar surface area (TPSA) is 76.6 Å². The molecule has 0 bridgehead atoms. The maximum absolute atomic E-state index is 8.81. The van der Waals surface area contributed by atoms with Crippen molar-refractivity contribution in [2.45, 2.75) is 24.0 Å². The Hall–Kier alpha value is -2.07. The summed E-state index contributed by atoms with van der Waals surface area (Å²) < 4.78 is 7.50. The quantitative estimate of drug-likeness (QED) is 0.598. The maximum atomic E-state index is 8.81. The molecule has 1 aliphatic carbocycles. The second-order valence-electron chi connectivity index (χ2n) is 4.47. The van der Waals surface area contributed by atoms with Crippen molar-refractivity contribution < 1.29 is 4.74 Å². The molecule has 3 rings (SSSR count). The number of nitriles is 1. The molecular weight excluding hydrogens is 274 g/mol. The van der Waals surface area contributed by atoms with Crippen LogP contribution in [-0.4, -0.2) is 32.6 Å². The van der Waals surface area contributed by atoms with E-state index >= 15 is 0 Å². The Morgan fingerprint density at radius 3 is 3.15 bits per heavy atom. The van der Waals surface area contributed by atoms with E-state index in [1.807, 2.05) is 16.8 Å². The Bertz CT molecular complexity index is 632. The zero-order valence-corrected chi connectivity index (χ0v) is 11.6. The first-order valence-corrected chi connectivity index (χ1v) is 7.39. The number of tetrazole rings is 1. The standard InChI is InChI=1S/C13H13N5OS/c14-9-10-2-1-3-12(8-10)19-6-7-20-13-15-16-17-18(13)11-4-5-11/h1-3,8,11H,4-7H2. The van der Waals surface area contributed by atoms with Gasteiger partial charge in [-0.05, 0) is 41.5 Å². The van der Waals surface area contributed by atoms with E-state index in [1.54, 1.807) is 23.9 Å². The monoisotopic (exact) mass is 287 g/mol. The lowest BCUT2D eigenvalue weighted by Crippen LogP contribution is -2.03. The molecule has 0 N–H and O–H groups in total. The van der Waals surface area contributed by atoms with E-state index < -0.39 is 0 Å². The molecule has 0 unspecified atom stereocenters. The molecule has 1 aromatic heterocycles. The Morgan fingerprint density at radius 1 is 1.45 bits per heavy atom. The lowest BCUT2D eigenvalue weighted by molar-refractivity contribution is 0.343. The normalized spacial score (nSPS) is 13.9. The van der Waals surface area contributed by atoms with Crippen LogP contribution in [0.15, 0.2) is 29.4 Å². The summed E-state index contributed by atoms with van der Waals surface area (Å²) in [5.74, 6) is 1.48. The summed E-state index contributed by atoms with van der Waals surface area (Å²) >= 11 is 1.59. The van der Waals surface area contributed by atoms with Crippen LogP contribution in [0.2, 0.25) is 0 Å². The van der Waals surface area contributed by atoms with Gasteiger partial charge in [0, 0.05) is 5.75 Å². The summed E-state index contributed by atoms with van der Waals surface area (Å²) in [7, 11) is 0. The third-order valence-corrected chi connectivity index (χ3v) is 3.80. The van der Waals surface area contributed by atoms with Crippen LogP contribution in [0.1, 0.15) is 24.4 Å². The van der Waals surface area contributed by atoms with Crippen molar-refractivity contribution in [1.29, 1.82) is 5.26 Å². The van der Waals surface area contributed by atoms with Gasteiger partial charge in [0.15, 0.2) is 0 Å². The van der Waals surface area contributed by atoms with Crippen molar-refractivity contribution in [2.24, 2.45) is 0 Å². The summed E-state index contributed by atoms with van der Waals surface area (Å²) in [6, 6.07) is 9.73. The molecule has 0 aliphatic heterocycles. The molecule has 0 radical (unpaired) electrons. The van der Waals surface area contributed by atoms with Gasteiger partial charge in [0.2, 0.25) is 5.16 Å². The summed E-state index contributed by atoms with van der Waals surface area (Å²) in [5, 5.41) is 21.4. The van der Waals surface area contributed by atoms with E-state index in [9.17, 15) is 0 Å². The third-order valence-electron chi connectivity index (χ3n) is 2.90. The van der Waals surface area contributed by atoms with E-state index in [0.29, 0.717) is 24.0 Å². The van der Waals surface area contributed by atoms with Crippen molar-refractivity contribution in [3.63, 3.8) is 0 Å². The highest BCUT2D eigenvalue weighted by Crippen LogP contribution is 2.36. The minimum atomic E-state index is 0.487.